The first kappa shape index (κ1) is 70.1. The minimum absolute atomic E-state index is 0.0333. The fourth-order valence-electron chi connectivity index (χ4n) is 23.9. The Labute approximate surface area is 582 Å². The molecule has 0 amide bonds. The summed E-state index contributed by atoms with van der Waals surface area (Å²) in [5.41, 5.74) is -2.37. The molecule has 4 aliphatic carbocycles. The van der Waals surface area contributed by atoms with Crippen molar-refractivity contribution < 1.29 is 95.9 Å². The van der Waals surface area contributed by atoms with Gasteiger partial charge in [-0.25, -0.2) is 39.1 Å². The topological polar surface area (TPSA) is 203 Å². The maximum Gasteiger partial charge on any atom is 0.201 e. The van der Waals surface area contributed by atoms with Gasteiger partial charge < -0.3 is 62.2 Å². The highest BCUT2D eigenvalue weighted by Crippen LogP contribution is 2.66. The minimum Gasteiger partial charge on any atom is -0.351 e. The molecule has 98 heavy (non-hydrogen) atoms. The van der Waals surface area contributed by atoms with Crippen molar-refractivity contribution in [3.63, 3.8) is 0 Å². The largest absolute Gasteiger partial charge is 0.351 e. The van der Waals surface area contributed by atoms with E-state index in [9.17, 15) is 0 Å². The van der Waals surface area contributed by atoms with Gasteiger partial charge in [-0.3, -0.25) is 9.80 Å². The van der Waals surface area contributed by atoms with Gasteiger partial charge in [0, 0.05) is 99.2 Å². The van der Waals surface area contributed by atoms with Crippen LogP contribution in [0.5, 0.6) is 0 Å². The highest BCUT2D eigenvalue weighted by atomic mass is 17.3. The van der Waals surface area contributed by atoms with Crippen molar-refractivity contribution in [1.29, 1.82) is 0 Å². The number of nitrogens with zero attached hydrogens (tertiary/aromatic N) is 2. The second-order valence-corrected chi connectivity index (χ2v) is 35.6. The minimum atomic E-state index is -0.805. The third-order valence-electron chi connectivity index (χ3n) is 29.8. The summed E-state index contributed by atoms with van der Waals surface area (Å²) >= 11 is 0. The van der Waals surface area contributed by atoms with E-state index in [1.165, 1.54) is 44.9 Å². The van der Waals surface area contributed by atoms with Crippen LogP contribution in [0.25, 0.3) is 0 Å². The van der Waals surface area contributed by atoms with Gasteiger partial charge in [0.1, 0.15) is 0 Å². The number of rotatable bonds is 14. The van der Waals surface area contributed by atoms with Crippen molar-refractivity contribution in [2.45, 2.75) is 313 Å². The number of fused-ring (bicyclic) bond motifs is 8. The summed E-state index contributed by atoms with van der Waals surface area (Å²) in [5.74, 6) is 1.67. The van der Waals surface area contributed by atoms with Crippen molar-refractivity contribution in [3.8, 4) is 0 Å². The van der Waals surface area contributed by atoms with Crippen molar-refractivity contribution in [3.05, 3.63) is 0 Å². The average Bonchev–Trinajstić information content (AvgIpc) is 1.36. The predicted molar refractivity (Wildman–Crippen MR) is 349 cm³/mol. The summed E-state index contributed by atoms with van der Waals surface area (Å²) < 4.78 is 80.8. The molecule has 22 rings (SSSR count). The normalized spacial score (nSPS) is 56.0. The highest BCUT2D eigenvalue weighted by molar-refractivity contribution is 5.14. The van der Waals surface area contributed by atoms with E-state index in [-0.39, 0.29) is 59.4 Å². The summed E-state index contributed by atoms with van der Waals surface area (Å²) in [6.45, 7) is 34.2. The fraction of sp³-hybridized carbons (Fsp3) is 1.00. The lowest BCUT2D eigenvalue weighted by atomic mass is 9.58. The summed E-state index contributed by atoms with van der Waals surface area (Å²) in [7, 11) is 0. The van der Waals surface area contributed by atoms with Gasteiger partial charge in [-0.15, -0.1) is 0 Å². The Morgan fingerprint density at radius 3 is 0.867 bits per heavy atom. The molecule has 8 bridgehead atoms. The molecule has 23 nitrogen and oxygen atoms in total. The molecule has 18 heterocycles. The van der Waals surface area contributed by atoms with Gasteiger partial charge in [-0.1, -0.05) is 61.8 Å². The molecule has 22 aliphatic rings. The number of nitrogens with one attached hydrogen (secondary N) is 1. The molecular formula is C75H121N3O20. The van der Waals surface area contributed by atoms with Crippen molar-refractivity contribution in [2.75, 3.05) is 65.7 Å². The molecule has 4 spiro atoms. The van der Waals surface area contributed by atoms with E-state index in [2.05, 4.69) is 70.5 Å². The van der Waals surface area contributed by atoms with E-state index in [0.717, 1.165) is 116 Å². The van der Waals surface area contributed by atoms with Crippen LogP contribution in [0.3, 0.4) is 0 Å². The number of ether oxygens (including phenoxy) is 12. The molecule has 22 fully saturated rings. The van der Waals surface area contributed by atoms with Gasteiger partial charge in [0.25, 0.3) is 0 Å². The zero-order valence-corrected chi connectivity index (χ0v) is 61.1. The molecule has 4 unspecified atom stereocenters. The second kappa shape index (κ2) is 26.5. The molecule has 0 aromatic rings. The number of piperidine rings is 1. The fourth-order valence-corrected chi connectivity index (χ4v) is 23.9. The molecule has 0 aromatic carbocycles. The molecule has 1 N–H and O–H groups in total. The van der Waals surface area contributed by atoms with E-state index < -0.39 is 95.9 Å². The van der Waals surface area contributed by atoms with E-state index in [4.69, 9.17) is 95.9 Å². The molecule has 556 valence electrons. The lowest BCUT2D eigenvalue weighted by Gasteiger charge is -2.60. The van der Waals surface area contributed by atoms with Crippen LogP contribution in [-0.2, 0) is 95.9 Å². The Bertz CT molecular complexity index is 2460. The smallest absolute Gasteiger partial charge is 0.201 e. The van der Waals surface area contributed by atoms with Crippen LogP contribution in [0.1, 0.15) is 205 Å². The van der Waals surface area contributed by atoms with E-state index in [1.807, 2.05) is 27.7 Å². The molecule has 23 heteroatoms. The van der Waals surface area contributed by atoms with Gasteiger partial charge >= 0.3 is 0 Å². The van der Waals surface area contributed by atoms with Gasteiger partial charge in [0.2, 0.25) is 23.1 Å². The van der Waals surface area contributed by atoms with Crippen LogP contribution < -0.4 is 5.32 Å². The summed E-state index contributed by atoms with van der Waals surface area (Å²) in [4.78, 5) is 54.6. The van der Waals surface area contributed by atoms with Crippen LogP contribution >= 0.6 is 0 Å². The van der Waals surface area contributed by atoms with Crippen LogP contribution in [0.2, 0.25) is 0 Å². The van der Waals surface area contributed by atoms with Crippen molar-refractivity contribution in [2.24, 2.45) is 94.7 Å². The SMILES string of the molecule is C[C@H]1[C@@H](OCC(CO[C@H]2O[C@@H]3O[C@@]4(C)CC[C@H]5[C@H](C)CC[C@@H]([C@H]2C)[C@@]35OO4)N2CCCCC2)OC2O[C@@]3(C)CC[C@H]4[C@H](C)CC[C@@H]1[C@@]24OO3.C[C@H]1[C@@H](OCC(CO[C@H]2O[C@@H]3O[C@@]4(C)CC[C@H]5[C@H](C)CC[C@@H]([C@H]2C)[C@@]35OO4)N2CCNCC2)OC2O[C@@]3(C)CC[C@H]4[C@H](C)CC[C@@H]1[C@@]24OO3. The Hall–Kier alpha value is -0.920. The third kappa shape index (κ3) is 11.5. The quantitative estimate of drug-likeness (QED) is 0.161. The van der Waals surface area contributed by atoms with E-state index >= 15 is 0 Å². The average molecular weight is 1380 g/mol. The zero-order valence-electron chi connectivity index (χ0n) is 61.1. The zero-order chi connectivity index (χ0) is 67.5. The standard InChI is InChI=1S/C38H61NO10.C37H60N2O10/c1-22-10-12-29-24(3)31(42-33-37(29)27(22)14-16-35(5,44-33)46-48-37)40-20-26(39-18-8-7-9-19-39)21-41-32-25(4)30-13-11-23(2)28-15-17-36(6)45-34(43-32)38(28,30)49-47-36;1-21-7-9-28-23(3)30(42-32-36(28)26(21)11-13-34(5,44-32)46-48-36)40-19-25(39-17-15-38-16-18-39)20-41-31-24(4)29-10-8-22(2)27-12-14-35(6)45-33(43-31)37(27,29)49-47-35/h22-34H,7-21H2,1-6H3;21-33,38H,7-20H2,1-6H3/t22-,23-,24-,25-,26?,27+,28+,29+,30+,31+,32+,33-,34?,35-,36-,37-,38-;21-,22-,23-,24-,25?,26+,27+,28+,29+,30+,31+,32-,33?,34-,35-,36-,37-/m11/s1. The lowest BCUT2D eigenvalue weighted by Crippen LogP contribution is -2.70. The maximum absolute atomic E-state index is 6.83. The predicted octanol–water partition coefficient (Wildman–Crippen LogP) is 11.0. The first-order valence-electron chi connectivity index (χ1n) is 39.6. The molecule has 0 aromatic heterocycles. The molecule has 18 saturated heterocycles. The molecule has 18 aliphatic heterocycles. The molecule has 0 radical (unpaired) electrons. The maximum atomic E-state index is 6.83. The van der Waals surface area contributed by atoms with Gasteiger partial charge in [0.05, 0.1) is 38.5 Å². The van der Waals surface area contributed by atoms with Crippen LogP contribution in [0.15, 0.2) is 0 Å². The second-order valence-electron chi connectivity index (χ2n) is 35.6. The monoisotopic (exact) mass is 1380 g/mol. The Balaban J connectivity index is 0.000000147. The number of hydrogen-bond donors (Lipinski definition) is 1. The molecular weight excluding hydrogens is 1260 g/mol. The van der Waals surface area contributed by atoms with Crippen LogP contribution in [0.4, 0.5) is 0 Å². The summed E-state index contributed by atoms with van der Waals surface area (Å²) in [6, 6.07) is 0.107. The van der Waals surface area contributed by atoms with Crippen LogP contribution in [0, 0.1) is 94.7 Å². The van der Waals surface area contributed by atoms with Gasteiger partial charge in [-0.05, 0) is 178 Å². The number of hydrogen-bond acceptors (Lipinski definition) is 23. The highest BCUT2D eigenvalue weighted by Gasteiger charge is 2.74. The van der Waals surface area contributed by atoms with Crippen LogP contribution in [-0.4, -0.2) is 183 Å². The van der Waals surface area contributed by atoms with Gasteiger partial charge in [0.15, 0.2) is 72.7 Å². The summed E-state index contributed by atoms with van der Waals surface area (Å²) in [5, 5.41) is 3.50. The first-order valence-corrected chi connectivity index (χ1v) is 39.6. The molecule has 34 atom stereocenters. The Kier molecular flexibility index (Phi) is 18.9. The Morgan fingerprint density at radius 2 is 0.592 bits per heavy atom. The van der Waals surface area contributed by atoms with Crippen molar-refractivity contribution >= 4 is 0 Å². The number of piperazine rings is 1. The summed E-state index contributed by atoms with van der Waals surface area (Å²) in [6.07, 6.45) is 16.1. The van der Waals surface area contributed by atoms with E-state index in [0.29, 0.717) is 73.8 Å². The Morgan fingerprint density at radius 1 is 0.327 bits per heavy atom. The lowest BCUT2D eigenvalue weighted by molar-refractivity contribution is -0.578. The van der Waals surface area contributed by atoms with Crippen molar-refractivity contribution in [1.82, 2.24) is 15.1 Å². The first-order chi connectivity index (χ1) is 47.1. The third-order valence-corrected chi connectivity index (χ3v) is 29.8. The molecule has 4 saturated carbocycles. The van der Waals surface area contributed by atoms with E-state index in [1.54, 1.807) is 0 Å². The van der Waals surface area contributed by atoms with Gasteiger partial charge in [-0.2, -0.15) is 0 Å². The number of likely N-dealkylation sites (tertiary alicyclic amines) is 1.